The highest BCUT2D eigenvalue weighted by Gasteiger charge is 2.55. The Labute approximate surface area is 108 Å². The van der Waals surface area contributed by atoms with Crippen molar-refractivity contribution in [1.82, 2.24) is 0 Å². The van der Waals surface area contributed by atoms with E-state index >= 15 is 0 Å². The van der Waals surface area contributed by atoms with Crippen molar-refractivity contribution in [2.24, 2.45) is 17.3 Å². The highest BCUT2D eigenvalue weighted by atomic mass is 16.6. The van der Waals surface area contributed by atoms with E-state index < -0.39 is 0 Å². The first-order valence-electron chi connectivity index (χ1n) is 6.89. The van der Waals surface area contributed by atoms with Crippen LogP contribution in [0.25, 0.3) is 0 Å². The van der Waals surface area contributed by atoms with Gasteiger partial charge in [-0.1, -0.05) is 12.5 Å². The van der Waals surface area contributed by atoms with Crippen molar-refractivity contribution in [2.75, 3.05) is 0 Å². The number of fused-ring (bicyclic) bond motifs is 3. The summed E-state index contributed by atoms with van der Waals surface area (Å²) in [7, 11) is 0. The third-order valence-corrected chi connectivity index (χ3v) is 5.30. The van der Waals surface area contributed by atoms with Crippen LogP contribution in [0.5, 0.6) is 0 Å². The lowest BCUT2D eigenvalue weighted by molar-refractivity contribution is -0.144. The number of hydrogen-bond donors (Lipinski definition) is 0. The molecule has 1 saturated heterocycles. The van der Waals surface area contributed by atoms with Crippen molar-refractivity contribution in [3.05, 3.63) is 11.1 Å². The molecule has 1 heterocycles. The largest absolute Gasteiger partial charge is 0.457 e. The predicted molar refractivity (Wildman–Crippen MR) is 66.8 cm³/mol. The van der Waals surface area contributed by atoms with Crippen LogP contribution in [0.15, 0.2) is 11.1 Å². The normalized spacial score (nSPS) is 43.6. The zero-order valence-corrected chi connectivity index (χ0v) is 11.3. The van der Waals surface area contributed by atoms with Crippen LogP contribution in [0, 0.1) is 17.3 Å². The molecule has 1 saturated carbocycles. The van der Waals surface area contributed by atoms with Gasteiger partial charge in [0.15, 0.2) is 0 Å². The van der Waals surface area contributed by atoms with E-state index in [0.29, 0.717) is 12.2 Å². The quantitative estimate of drug-likeness (QED) is 0.489. The van der Waals surface area contributed by atoms with E-state index in [-0.39, 0.29) is 29.3 Å². The lowest BCUT2D eigenvalue weighted by Crippen LogP contribution is -2.45. The van der Waals surface area contributed by atoms with Gasteiger partial charge in [-0.25, -0.2) is 0 Å². The minimum atomic E-state index is -0.367. The molecule has 0 bridgehead atoms. The summed E-state index contributed by atoms with van der Waals surface area (Å²) in [6, 6.07) is 0. The van der Waals surface area contributed by atoms with Crippen LogP contribution < -0.4 is 0 Å². The molecule has 3 nitrogen and oxygen atoms in total. The summed E-state index contributed by atoms with van der Waals surface area (Å²) in [6.07, 6.45) is 3.15. The Bertz CT molecular complexity index is 462. The summed E-state index contributed by atoms with van der Waals surface area (Å²) in [4.78, 5) is 24.1. The van der Waals surface area contributed by atoms with Gasteiger partial charge in [-0.3, -0.25) is 9.59 Å². The molecule has 18 heavy (non-hydrogen) atoms. The van der Waals surface area contributed by atoms with E-state index in [4.69, 9.17) is 4.74 Å². The molecule has 98 valence electrons. The maximum atomic E-state index is 12.3. The molecular weight excluding hydrogens is 228 g/mol. The van der Waals surface area contributed by atoms with Gasteiger partial charge in [0.25, 0.3) is 0 Å². The fourth-order valence-corrected chi connectivity index (χ4v) is 4.05. The summed E-state index contributed by atoms with van der Waals surface area (Å²) in [6.45, 7) is 6.09. The molecule has 3 heteroatoms. The number of ether oxygens (including phenoxy) is 1. The summed E-state index contributed by atoms with van der Waals surface area (Å²) < 4.78 is 5.58. The number of Topliss-reactive ketones (excluding diaryl/α,β-unsaturated/α-hetero) is 1. The van der Waals surface area contributed by atoms with Crippen molar-refractivity contribution in [3.63, 3.8) is 0 Å². The smallest absolute Gasteiger partial charge is 0.309 e. The molecule has 0 N–H and O–H groups in total. The molecule has 0 aromatic rings. The fourth-order valence-electron chi connectivity index (χ4n) is 4.05. The second-order valence-electron chi connectivity index (χ2n) is 6.30. The van der Waals surface area contributed by atoms with Gasteiger partial charge in [-0.2, -0.15) is 0 Å². The van der Waals surface area contributed by atoms with E-state index in [1.165, 1.54) is 5.57 Å². The van der Waals surface area contributed by atoms with Crippen molar-refractivity contribution in [3.8, 4) is 0 Å². The topological polar surface area (TPSA) is 43.4 Å². The van der Waals surface area contributed by atoms with Crippen LogP contribution in [0.1, 0.15) is 46.5 Å². The van der Waals surface area contributed by atoms with Gasteiger partial charge >= 0.3 is 5.97 Å². The van der Waals surface area contributed by atoms with E-state index in [9.17, 15) is 9.59 Å². The van der Waals surface area contributed by atoms with E-state index in [1.54, 1.807) is 0 Å². The monoisotopic (exact) mass is 248 g/mol. The Morgan fingerprint density at radius 2 is 2.00 bits per heavy atom. The zero-order chi connectivity index (χ0) is 13.1. The number of carbonyl (C=O) groups excluding carboxylic acids is 2. The first-order valence-corrected chi connectivity index (χ1v) is 6.89. The van der Waals surface area contributed by atoms with Gasteiger partial charge < -0.3 is 4.74 Å². The maximum absolute atomic E-state index is 12.3. The second-order valence-corrected chi connectivity index (χ2v) is 6.30. The Balaban J connectivity index is 2.08. The Hall–Kier alpha value is -1.12. The van der Waals surface area contributed by atoms with E-state index in [1.807, 2.05) is 13.8 Å². The average molecular weight is 248 g/mol. The Morgan fingerprint density at radius 1 is 1.28 bits per heavy atom. The van der Waals surface area contributed by atoms with Crippen molar-refractivity contribution in [1.29, 1.82) is 0 Å². The molecule has 0 radical (unpaired) electrons. The Kier molecular flexibility index (Phi) is 2.45. The molecule has 2 aliphatic carbocycles. The molecule has 4 atom stereocenters. The summed E-state index contributed by atoms with van der Waals surface area (Å²) >= 11 is 0. The number of hydrogen-bond acceptors (Lipinski definition) is 3. The lowest BCUT2D eigenvalue weighted by Gasteiger charge is -2.44. The minimum Gasteiger partial charge on any atom is -0.457 e. The van der Waals surface area contributed by atoms with Gasteiger partial charge in [0.2, 0.25) is 0 Å². The number of esters is 1. The Morgan fingerprint density at radius 3 is 2.72 bits per heavy atom. The molecule has 0 unspecified atom stereocenters. The number of ketones is 1. The zero-order valence-electron chi connectivity index (χ0n) is 11.3. The van der Waals surface area contributed by atoms with Crippen LogP contribution in [0.3, 0.4) is 0 Å². The lowest BCUT2D eigenvalue weighted by atomic mass is 9.59. The van der Waals surface area contributed by atoms with Crippen LogP contribution in [0.4, 0.5) is 0 Å². The first kappa shape index (κ1) is 11.9. The number of allylic oxidation sites excluding steroid dienone is 1. The third kappa shape index (κ3) is 1.36. The van der Waals surface area contributed by atoms with Crippen LogP contribution in [-0.4, -0.2) is 17.9 Å². The van der Waals surface area contributed by atoms with Crippen LogP contribution >= 0.6 is 0 Å². The van der Waals surface area contributed by atoms with Crippen LogP contribution in [-0.2, 0) is 14.3 Å². The summed E-state index contributed by atoms with van der Waals surface area (Å²) in [5, 5.41) is 0. The van der Waals surface area contributed by atoms with E-state index in [2.05, 4.69) is 6.92 Å². The molecule has 3 rings (SSSR count). The first-order chi connectivity index (χ1) is 8.45. The number of rotatable bonds is 0. The molecule has 0 aromatic heterocycles. The molecule has 3 aliphatic rings. The second kappa shape index (κ2) is 3.69. The third-order valence-electron chi connectivity index (χ3n) is 5.30. The molecule has 1 aliphatic heterocycles. The van der Waals surface area contributed by atoms with Crippen molar-refractivity contribution >= 4 is 11.8 Å². The van der Waals surface area contributed by atoms with Gasteiger partial charge in [0.1, 0.15) is 11.9 Å². The molecule has 0 spiro atoms. The summed E-state index contributed by atoms with van der Waals surface area (Å²) in [5.41, 5.74) is 2.04. The SMILES string of the molecule is CC1=C2[C@H]3OC(=O)[C@H](C)[C@@H]3CC[C@@]2(C)C(=O)CC1. The van der Waals surface area contributed by atoms with E-state index in [0.717, 1.165) is 24.8 Å². The summed E-state index contributed by atoms with van der Waals surface area (Å²) in [5.74, 6) is 0.503. The molecular formula is C15H20O3. The fraction of sp³-hybridized carbons (Fsp3) is 0.733. The standard InChI is InChI=1S/C15H20O3/c1-8-4-5-11(16)15(3)7-6-10-9(2)14(17)18-13(10)12(8)15/h9-10,13H,4-7H2,1-3H3/t9-,10+,13+,15+/m1/s1. The van der Waals surface area contributed by atoms with Gasteiger partial charge in [-0.15, -0.1) is 0 Å². The van der Waals surface area contributed by atoms with Crippen molar-refractivity contribution in [2.45, 2.75) is 52.6 Å². The predicted octanol–water partition coefficient (Wildman–Crippen LogP) is 2.64. The average Bonchev–Trinajstić information content (AvgIpc) is 2.60. The van der Waals surface area contributed by atoms with Gasteiger partial charge in [0.05, 0.1) is 11.3 Å². The molecule has 2 fully saturated rings. The highest BCUT2D eigenvalue weighted by molar-refractivity contribution is 5.90. The van der Waals surface area contributed by atoms with Gasteiger partial charge in [0, 0.05) is 12.3 Å². The highest BCUT2D eigenvalue weighted by Crippen LogP contribution is 2.53. The number of carbonyl (C=O) groups is 2. The van der Waals surface area contributed by atoms with Crippen molar-refractivity contribution < 1.29 is 14.3 Å². The maximum Gasteiger partial charge on any atom is 0.309 e. The minimum absolute atomic E-state index is 0.0168. The van der Waals surface area contributed by atoms with Crippen LogP contribution in [0.2, 0.25) is 0 Å². The molecule has 0 aromatic carbocycles. The molecule has 0 amide bonds. The van der Waals surface area contributed by atoms with Gasteiger partial charge in [-0.05, 0) is 38.7 Å².